The highest BCUT2D eigenvalue weighted by Gasteiger charge is 2.36. The number of rotatable bonds is 4. The molecule has 2 aliphatic heterocycles. The third kappa shape index (κ3) is 4.62. The monoisotopic (exact) mass is 494 g/mol. The Kier molecular flexibility index (Phi) is 6.33. The van der Waals surface area contributed by atoms with Gasteiger partial charge in [-0.05, 0) is 73.6 Å². The Balaban J connectivity index is 1.33. The zero-order valence-corrected chi connectivity index (χ0v) is 20.6. The minimum absolute atomic E-state index is 0.0290. The van der Waals surface area contributed by atoms with E-state index in [1.165, 1.54) is 5.56 Å². The highest BCUT2D eigenvalue weighted by molar-refractivity contribution is 6.31. The number of benzene rings is 2. The molecular formula is C28H31ClN2O4. The number of ether oxygens (including phenoxy) is 3. The lowest BCUT2D eigenvalue weighted by atomic mass is 9.92. The van der Waals surface area contributed by atoms with Gasteiger partial charge in [-0.3, -0.25) is 4.90 Å². The van der Waals surface area contributed by atoms with Gasteiger partial charge in [0.15, 0.2) is 0 Å². The minimum Gasteiger partial charge on any atom is -0.490 e. The van der Waals surface area contributed by atoms with Crippen molar-refractivity contribution in [3.63, 3.8) is 0 Å². The van der Waals surface area contributed by atoms with Gasteiger partial charge in [-0.15, -0.1) is 0 Å². The molecule has 0 radical (unpaired) electrons. The molecule has 3 aromatic rings. The summed E-state index contributed by atoms with van der Waals surface area (Å²) in [4.78, 5) is 18.9. The first-order chi connectivity index (χ1) is 17.2. The number of carbonyl (C=O) groups is 1. The van der Waals surface area contributed by atoms with Gasteiger partial charge in [0.25, 0.3) is 0 Å². The number of halogens is 1. The molecule has 0 unspecified atom stereocenters. The Bertz CT molecular complexity index is 1200. The molecule has 2 fully saturated rings. The molecular weight excluding hydrogens is 464 g/mol. The zero-order valence-electron chi connectivity index (χ0n) is 19.8. The fourth-order valence-electron chi connectivity index (χ4n) is 5.74. The Morgan fingerprint density at radius 2 is 1.77 bits per heavy atom. The van der Waals surface area contributed by atoms with Gasteiger partial charge in [-0.25, -0.2) is 4.79 Å². The number of amides is 1. The smallest absolute Gasteiger partial charge is 0.410 e. The molecule has 1 aliphatic carbocycles. The first kappa shape index (κ1) is 22.7. The molecule has 1 amide bonds. The Morgan fingerprint density at radius 1 is 1.00 bits per heavy atom. The molecule has 184 valence electrons. The molecule has 6 nitrogen and oxygen atoms in total. The van der Waals surface area contributed by atoms with Crippen LogP contribution in [0.15, 0.2) is 42.5 Å². The van der Waals surface area contributed by atoms with Crippen LogP contribution in [0, 0.1) is 0 Å². The molecule has 35 heavy (non-hydrogen) atoms. The quantitative estimate of drug-likeness (QED) is 0.455. The van der Waals surface area contributed by atoms with Crippen LogP contribution < -0.4 is 4.74 Å². The van der Waals surface area contributed by atoms with Crippen molar-refractivity contribution in [1.29, 1.82) is 0 Å². The van der Waals surface area contributed by atoms with Gasteiger partial charge in [-0.1, -0.05) is 23.7 Å². The number of fused-ring (bicyclic) bond motifs is 3. The minimum atomic E-state index is -0.254. The van der Waals surface area contributed by atoms with E-state index in [0.717, 1.165) is 86.1 Å². The molecule has 1 aromatic heterocycles. The first-order valence-electron chi connectivity index (χ1n) is 12.8. The fourth-order valence-corrected chi connectivity index (χ4v) is 5.91. The topological polar surface area (TPSA) is 63.8 Å². The second-order valence-corrected chi connectivity index (χ2v) is 10.3. The van der Waals surface area contributed by atoms with E-state index in [0.29, 0.717) is 11.6 Å². The van der Waals surface area contributed by atoms with Crippen LogP contribution in [-0.2, 0) is 15.9 Å². The summed E-state index contributed by atoms with van der Waals surface area (Å²) < 4.78 is 17.6. The van der Waals surface area contributed by atoms with Gasteiger partial charge in [0.2, 0.25) is 0 Å². The Labute approximate surface area is 210 Å². The number of carbonyl (C=O) groups excluding carboxylic acids is 1. The predicted molar refractivity (Wildman–Crippen MR) is 135 cm³/mol. The third-order valence-corrected chi connectivity index (χ3v) is 7.80. The van der Waals surface area contributed by atoms with E-state index < -0.39 is 0 Å². The number of hydrogen-bond acceptors (Lipinski definition) is 4. The second kappa shape index (κ2) is 9.75. The van der Waals surface area contributed by atoms with E-state index in [1.54, 1.807) is 0 Å². The normalized spacial score (nSPS) is 21.3. The van der Waals surface area contributed by atoms with E-state index in [4.69, 9.17) is 25.8 Å². The highest BCUT2D eigenvalue weighted by Crippen LogP contribution is 2.40. The number of aromatic amines is 1. The van der Waals surface area contributed by atoms with Crippen LogP contribution in [-0.4, -0.2) is 47.9 Å². The van der Waals surface area contributed by atoms with Crippen LogP contribution in [0.2, 0.25) is 5.02 Å². The van der Waals surface area contributed by atoms with Gasteiger partial charge < -0.3 is 19.2 Å². The first-order valence-corrected chi connectivity index (χ1v) is 13.1. The van der Waals surface area contributed by atoms with Crippen molar-refractivity contribution in [3.05, 3.63) is 64.3 Å². The third-order valence-electron chi connectivity index (χ3n) is 7.56. The Hall–Kier alpha value is -2.70. The number of nitrogens with one attached hydrogen (secondary N) is 1. The molecule has 1 saturated carbocycles. The fraction of sp³-hybridized carbons (Fsp3) is 0.464. The molecule has 7 heteroatoms. The predicted octanol–water partition coefficient (Wildman–Crippen LogP) is 6.41. The van der Waals surface area contributed by atoms with Crippen LogP contribution in [0.1, 0.15) is 61.4 Å². The molecule has 0 bridgehead atoms. The summed E-state index contributed by atoms with van der Waals surface area (Å²) in [6.45, 7) is 2.09. The lowest BCUT2D eigenvalue weighted by Crippen LogP contribution is -2.42. The molecule has 2 aromatic carbocycles. The van der Waals surface area contributed by atoms with Crippen molar-refractivity contribution in [1.82, 2.24) is 9.88 Å². The number of hydrogen-bond donors (Lipinski definition) is 1. The van der Waals surface area contributed by atoms with Crippen molar-refractivity contribution >= 4 is 28.6 Å². The maximum Gasteiger partial charge on any atom is 0.410 e. The van der Waals surface area contributed by atoms with Crippen molar-refractivity contribution in [2.75, 3.05) is 19.8 Å². The summed E-state index contributed by atoms with van der Waals surface area (Å²) in [5.74, 6) is 0.847. The van der Waals surface area contributed by atoms with Crippen molar-refractivity contribution in [3.8, 4) is 5.75 Å². The summed E-state index contributed by atoms with van der Waals surface area (Å²) in [6, 6.07) is 13.8. The summed E-state index contributed by atoms with van der Waals surface area (Å²) >= 11 is 6.32. The van der Waals surface area contributed by atoms with Crippen LogP contribution in [0.5, 0.6) is 5.75 Å². The lowest BCUT2D eigenvalue weighted by molar-refractivity contribution is 0.0255. The van der Waals surface area contributed by atoms with Gasteiger partial charge >= 0.3 is 6.09 Å². The molecule has 0 spiro atoms. The van der Waals surface area contributed by atoms with Crippen molar-refractivity contribution in [2.45, 2.75) is 63.2 Å². The van der Waals surface area contributed by atoms with Crippen LogP contribution in [0.3, 0.4) is 0 Å². The summed E-state index contributed by atoms with van der Waals surface area (Å²) in [6.07, 6.45) is 6.73. The van der Waals surface area contributed by atoms with E-state index in [2.05, 4.69) is 17.1 Å². The summed E-state index contributed by atoms with van der Waals surface area (Å²) in [5, 5.41) is 1.84. The second-order valence-electron chi connectivity index (χ2n) is 9.84. The van der Waals surface area contributed by atoms with Gasteiger partial charge in [0, 0.05) is 41.0 Å². The van der Waals surface area contributed by atoms with E-state index >= 15 is 0 Å². The Morgan fingerprint density at radius 3 is 2.54 bits per heavy atom. The molecule has 1 saturated heterocycles. The number of H-pyrrole nitrogens is 1. The largest absolute Gasteiger partial charge is 0.490 e. The molecule has 1 N–H and O–H groups in total. The highest BCUT2D eigenvalue weighted by atomic mass is 35.5. The molecule has 6 rings (SSSR count). The van der Waals surface area contributed by atoms with Crippen LogP contribution in [0.25, 0.3) is 10.9 Å². The van der Waals surface area contributed by atoms with Gasteiger partial charge in [0.05, 0.1) is 13.2 Å². The van der Waals surface area contributed by atoms with E-state index in [1.807, 2.05) is 35.2 Å². The standard InChI is InChI=1S/C28H31ClN2O4/c29-19-7-10-25-24(17-19)23-11-14-31(28(32)35-20-3-1-2-4-20)27(26(23)30-25)18-5-8-21(9-6-18)34-22-12-15-33-16-13-22/h5-10,17,20,22,27,30H,1-4,11-16H2/t27-/m0/s1. The van der Waals surface area contributed by atoms with E-state index in [9.17, 15) is 4.79 Å². The number of aromatic nitrogens is 1. The average Bonchev–Trinajstić information content (AvgIpc) is 3.52. The van der Waals surface area contributed by atoms with Crippen LogP contribution in [0.4, 0.5) is 4.79 Å². The summed E-state index contributed by atoms with van der Waals surface area (Å²) in [7, 11) is 0. The zero-order chi connectivity index (χ0) is 23.8. The maximum atomic E-state index is 13.4. The SMILES string of the molecule is O=C(OC1CCCC1)N1CCc2c([nH]c3ccc(Cl)cc23)[C@@H]1c1ccc(OC2CCOCC2)cc1. The molecule has 1 atom stereocenters. The van der Waals surface area contributed by atoms with Crippen molar-refractivity contribution in [2.24, 2.45) is 0 Å². The van der Waals surface area contributed by atoms with Crippen LogP contribution >= 0.6 is 11.6 Å². The van der Waals surface area contributed by atoms with Crippen molar-refractivity contribution < 1.29 is 19.0 Å². The maximum absolute atomic E-state index is 13.4. The average molecular weight is 495 g/mol. The molecule has 3 heterocycles. The van der Waals surface area contributed by atoms with Gasteiger partial charge in [0.1, 0.15) is 24.0 Å². The van der Waals surface area contributed by atoms with E-state index in [-0.39, 0.29) is 24.3 Å². The van der Waals surface area contributed by atoms with Gasteiger partial charge in [-0.2, -0.15) is 0 Å². The molecule has 3 aliphatic rings. The summed E-state index contributed by atoms with van der Waals surface area (Å²) in [5.41, 5.74) is 4.33. The lowest BCUT2D eigenvalue weighted by Gasteiger charge is -2.36. The number of nitrogens with zero attached hydrogens (tertiary/aromatic N) is 1.